The lowest BCUT2D eigenvalue weighted by Gasteiger charge is -2.08. The Balaban J connectivity index is 2.05. The van der Waals surface area contributed by atoms with Crippen LogP contribution >= 0.6 is 11.6 Å². The highest BCUT2D eigenvalue weighted by atomic mass is 35.5. The minimum atomic E-state index is -1.54. The summed E-state index contributed by atoms with van der Waals surface area (Å²) in [6, 6.07) is 10.8. The van der Waals surface area contributed by atoms with Gasteiger partial charge >= 0.3 is 7.12 Å². The number of hydrogen-bond donors (Lipinski definition) is 2. The summed E-state index contributed by atoms with van der Waals surface area (Å²) < 4.78 is 18.7. The minimum absolute atomic E-state index is 0.0640. The maximum Gasteiger partial charge on any atom is 0.488 e. The molecular weight excluding hydrogens is 269 g/mol. The number of benzene rings is 2. The summed E-state index contributed by atoms with van der Waals surface area (Å²) in [4.78, 5) is 0. The Hall–Kier alpha value is -1.56. The lowest BCUT2D eigenvalue weighted by Crippen LogP contribution is -2.29. The summed E-state index contributed by atoms with van der Waals surface area (Å²) in [5.74, 6) is -0.0248. The van der Waals surface area contributed by atoms with Crippen LogP contribution in [0.5, 0.6) is 5.75 Å². The van der Waals surface area contributed by atoms with Gasteiger partial charge in [0.15, 0.2) is 0 Å². The first-order chi connectivity index (χ1) is 9.06. The molecule has 98 valence electrons. The van der Waals surface area contributed by atoms with Crippen molar-refractivity contribution >= 4 is 24.2 Å². The number of halogens is 2. The van der Waals surface area contributed by atoms with Crippen molar-refractivity contribution in [1.29, 1.82) is 0 Å². The lowest BCUT2D eigenvalue weighted by atomic mass is 9.80. The van der Waals surface area contributed by atoms with E-state index in [0.717, 1.165) is 0 Å². The van der Waals surface area contributed by atoms with Crippen molar-refractivity contribution in [2.24, 2.45) is 0 Å². The standard InChI is InChI=1S/C13H11BClFO3/c15-12-5-4-9(6-13(12)16)8-19-11-3-1-2-10(7-11)14(17)18/h1-7,17-18H,8H2. The quantitative estimate of drug-likeness (QED) is 0.839. The van der Waals surface area contributed by atoms with Gasteiger partial charge in [-0.1, -0.05) is 29.8 Å². The van der Waals surface area contributed by atoms with Crippen LogP contribution in [-0.4, -0.2) is 17.2 Å². The first-order valence-corrected chi connectivity index (χ1v) is 5.97. The van der Waals surface area contributed by atoms with Crippen LogP contribution in [0, 0.1) is 5.82 Å². The van der Waals surface area contributed by atoms with Crippen LogP contribution in [0.3, 0.4) is 0 Å². The van der Waals surface area contributed by atoms with E-state index in [1.165, 1.54) is 18.2 Å². The molecule has 2 aromatic rings. The Morgan fingerprint density at radius 1 is 1.16 bits per heavy atom. The first kappa shape index (κ1) is 13.9. The third kappa shape index (κ3) is 3.70. The molecule has 0 aliphatic rings. The lowest BCUT2D eigenvalue weighted by molar-refractivity contribution is 0.305. The van der Waals surface area contributed by atoms with Gasteiger partial charge < -0.3 is 14.8 Å². The molecule has 0 fully saturated rings. The second kappa shape index (κ2) is 6.06. The van der Waals surface area contributed by atoms with E-state index in [9.17, 15) is 4.39 Å². The number of rotatable bonds is 4. The molecule has 0 aromatic heterocycles. The molecule has 3 nitrogen and oxygen atoms in total. The van der Waals surface area contributed by atoms with E-state index in [2.05, 4.69) is 0 Å². The fraction of sp³-hybridized carbons (Fsp3) is 0.0769. The third-order valence-electron chi connectivity index (χ3n) is 2.55. The Morgan fingerprint density at radius 3 is 2.63 bits per heavy atom. The van der Waals surface area contributed by atoms with Crippen LogP contribution in [0.4, 0.5) is 4.39 Å². The summed E-state index contributed by atoms with van der Waals surface area (Å²) in [6.07, 6.45) is 0. The summed E-state index contributed by atoms with van der Waals surface area (Å²) in [5.41, 5.74) is 0.969. The van der Waals surface area contributed by atoms with Crippen LogP contribution in [0.25, 0.3) is 0 Å². The van der Waals surface area contributed by atoms with Gasteiger partial charge in [-0.3, -0.25) is 0 Å². The van der Waals surface area contributed by atoms with Crippen molar-refractivity contribution in [2.75, 3.05) is 0 Å². The molecule has 0 radical (unpaired) electrons. The average Bonchev–Trinajstić information content (AvgIpc) is 2.40. The molecule has 0 bridgehead atoms. The zero-order valence-corrected chi connectivity index (χ0v) is 10.6. The molecular formula is C13H11BClFO3. The van der Waals surface area contributed by atoms with E-state index in [0.29, 0.717) is 16.8 Å². The van der Waals surface area contributed by atoms with E-state index in [4.69, 9.17) is 26.4 Å². The molecule has 0 atom stereocenters. The van der Waals surface area contributed by atoms with Crippen LogP contribution in [0.15, 0.2) is 42.5 Å². The maximum atomic E-state index is 13.2. The van der Waals surface area contributed by atoms with Crippen molar-refractivity contribution in [3.63, 3.8) is 0 Å². The van der Waals surface area contributed by atoms with Crippen molar-refractivity contribution in [3.8, 4) is 5.75 Å². The molecule has 2 rings (SSSR count). The Labute approximate surface area is 115 Å². The summed E-state index contributed by atoms with van der Waals surface area (Å²) in [5, 5.41) is 18.1. The Morgan fingerprint density at radius 2 is 1.95 bits per heavy atom. The van der Waals surface area contributed by atoms with Crippen molar-refractivity contribution in [3.05, 3.63) is 58.9 Å². The number of ether oxygens (including phenoxy) is 1. The zero-order valence-electron chi connectivity index (χ0n) is 9.88. The predicted molar refractivity (Wildman–Crippen MR) is 72.0 cm³/mol. The Bertz CT molecular complexity index is 578. The molecule has 0 aliphatic carbocycles. The first-order valence-electron chi connectivity index (χ1n) is 5.59. The molecule has 0 amide bonds. The van der Waals surface area contributed by atoms with Gasteiger partial charge in [0.25, 0.3) is 0 Å². The van der Waals surface area contributed by atoms with Crippen LogP contribution in [0.1, 0.15) is 5.56 Å². The SMILES string of the molecule is OB(O)c1cccc(OCc2ccc(Cl)c(F)c2)c1. The summed E-state index contributed by atoms with van der Waals surface area (Å²) in [7, 11) is -1.54. The molecule has 0 heterocycles. The van der Waals surface area contributed by atoms with E-state index in [1.807, 2.05) is 0 Å². The van der Waals surface area contributed by atoms with E-state index in [1.54, 1.807) is 24.3 Å². The van der Waals surface area contributed by atoms with E-state index >= 15 is 0 Å². The maximum absolute atomic E-state index is 13.2. The second-order valence-corrected chi connectivity index (χ2v) is 4.39. The van der Waals surface area contributed by atoms with Crippen molar-refractivity contribution in [1.82, 2.24) is 0 Å². The molecule has 2 aromatic carbocycles. The van der Waals surface area contributed by atoms with E-state index < -0.39 is 12.9 Å². The van der Waals surface area contributed by atoms with Gasteiger partial charge in [0.1, 0.15) is 18.2 Å². The molecule has 0 aliphatic heterocycles. The number of hydrogen-bond acceptors (Lipinski definition) is 3. The Kier molecular flexibility index (Phi) is 4.42. The molecule has 19 heavy (non-hydrogen) atoms. The van der Waals surface area contributed by atoms with Gasteiger partial charge in [0.05, 0.1) is 5.02 Å². The monoisotopic (exact) mass is 280 g/mol. The largest absolute Gasteiger partial charge is 0.489 e. The molecule has 0 spiro atoms. The zero-order chi connectivity index (χ0) is 13.8. The van der Waals surface area contributed by atoms with Gasteiger partial charge in [0, 0.05) is 0 Å². The van der Waals surface area contributed by atoms with Crippen LogP contribution < -0.4 is 10.2 Å². The third-order valence-corrected chi connectivity index (χ3v) is 2.85. The minimum Gasteiger partial charge on any atom is -0.489 e. The smallest absolute Gasteiger partial charge is 0.488 e. The molecule has 0 unspecified atom stereocenters. The van der Waals surface area contributed by atoms with Gasteiger partial charge in [-0.25, -0.2) is 4.39 Å². The van der Waals surface area contributed by atoms with Crippen LogP contribution in [-0.2, 0) is 6.61 Å². The highest BCUT2D eigenvalue weighted by Gasteiger charge is 2.11. The normalized spacial score (nSPS) is 10.3. The molecule has 0 saturated carbocycles. The summed E-state index contributed by atoms with van der Waals surface area (Å²) in [6.45, 7) is 0.166. The molecule has 2 N–H and O–H groups in total. The molecule has 0 saturated heterocycles. The van der Waals surface area contributed by atoms with Gasteiger partial charge in [-0.2, -0.15) is 0 Å². The topological polar surface area (TPSA) is 49.7 Å². The fourth-order valence-corrected chi connectivity index (χ4v) is 1.68. The van der Waals surface area contributed by atoms with Gasteiger partial charge in [-0.05, 0) is 35.3 Å². The van der Waals surface area contributed by atoms with Crippen LogP contribution in [0.2, 0.25) is 5.02 Å². The van der Waals surface area contributed by atoms with Gasteiger partial charge in [-0.15, -0.1) is 0 Å². The van der Waals surface area contributed by atoms with E-state index in [-0.39, 0.29) is 11.6 Å². The molecule has 6 heteroatoms. The highest BCUT2D eigenvalue weighted by Crippen LogP contribution is 2.17. The van der Waals surface area contributed by atoms with Crippen molar-refractivity contribution < 1.29 is 19.2 Å². The average molecular weight is 280 g/mol. The second-order valence-electron chi connectivity index (χ2n) is 3.98. The van der Waals surface area contributed by atoms with Crippen molar-refractivity contribution in [2.45, 2.75) is 6.61 Å². The summed E-state index contributed by atoms with van der Waals surface area (Å²) >= 11 is 5.58. The highest BCUT2D eigenvalue weighted by molar-refractivity contribution is 6.58. The van der Waals surface area contributed by atoms with Gasteiger partial charge in [0.2, 0.25) is 0 Å². The predicted octanol–water partition coefficient (Wildman–Crippen LogP) is 1.74. The fourth-order valence-electron chi connectivity index (χ4n) is 1.56.